The van der Waals surface area contributed by atoms with Crippen LogP contribution in [0.2, 0.25) is 5.02 Å². The van der Waals surface area contributed by atoms with Gasteiger partial charge in [-0.2, -0.15) is 0 Å². The second kappa shape index (κ2) is 6.02. The van der Waals surface area contributed by atoms with Crippen LogP contribution in [0.3, 0.4) is 0 Å². The van der Waals surface area contributed by atoms with E-state index in [0.717, 1.165) is 6.07 Å². The third-order valence-corrected chi connectivity index (χ3v) is 3.29. The van der Waals surface area contributed by atoms with Gasteiger partial charge >= 0.3 is 5.97 Å². The monoisotopic (exact) mass is 355 g/mol. The summed E-state index contributed by atoms with van der Waals surface area (Å²) >= 11 is 8.82. The molecule has 0 aromatic heterocycles. The SMILES string of the molecule is O=C(Oc1cccc(Cl)c1)c1ccc(Br)c([N+](=O)[O-])c1. The molecule has 0 spiro atoms. The fourth-order valence-corrected chi connectivity index (χ4v) is 2.05. The van der Waals surface area contributed by atoms with E-state index in [-0.39, 0.29) is 17.0 Å². The van der Waals surface area contributed by atoms with Crippen molar-refractivity contribution in [3.05, 3.63) is 67.6 Å². The number of hydrogen-bond acceptors (Lipinski definition) is 4. The molecule has 0 fully saturated rings. The van der Waals surface area contributed by atoms with Crippen molar-refractivity contribution in [3.63, 3.8) is 0 Å². The van der Waals surface area contributed by atoms with E-state index in [2.05, 4.69) is 15.9 Å². The molecule has 0 aliphatic heterocycles. The van der Waals surface area contributed by atoms with Crippen LogP contribution in [0.25, 0.3) is 0 Å². The number of hydrogen-bond donors (Lipinski definition) is 0. The molecule has 102 valence electrons. The molecule has 5 nitrogen and oxygen atoms in total. The Morgan fingerprint density at radius 2 is 2.00 bits per heavy atom. The van der Waals surface area contributed by atoms with Gasteiger partial charge in [-0.3, -0.25) is 10.1 Å². The average Bonchev–Trinajstić information content (AvgIpc) is 2.38. The van der Waals surface area contributed by atoms with Gasteiger partial charge in [0.05, 0.1) is 15.0 Å². The zero-order valence-electron chi connectivity index (χ0n) is 9.88. The molecule has 0 atom stereocenters. The molecule has 20 heavy (non-hydrogen) atoms. The lowest BCUT2D eigenvalue weighted by molar-refractivity contribution is -0.385. The van der Waals surface area contributed by atoms with Crippen LogP contribution in [-0.2, 0) is 0 Å². The molecule has 0 saturated heterocycles. The van der Waals surface area contributed by atoms with Gasteiger partial charge in [-0.25, -0.2) is 4.79 Å². The number of esters is 1. The molecule has 0 aliphatic carbocycles. The van der Waals surface area contributed by atoms with E-state index in [1.54, 1.807) is 18.2 Å². The smallest absolute Gasteiger partial charge is 0.343 e. The Bertz CT molecular complexity index is 690. The highest BCUT2D eigenvalue weighted by Gasteiger charge is 2.17. The van der Waals surface area contributed by atoms with Gasteiger partial charge in [0.15, 0.2) is 0 Å². The number of carbonyl (C=O) groups excluding carboxylic acids is 1. The van der Waals surface area contributed by atoms with Gasteiger partial charge < -0.3 is 4.74 Å². The average molecular weight is 357 g/mol. The molecule has 0 radical (unpaired) electrons. The second-order valence-corrected chi connectivity index (χ2v) is 5.06. The van der Waals surface area contributed by atoms with Crippen molar-refractivity contribution in [2.75, 3.05) is 0 Å². The molecule has 7 heteroatoms. The minimum atomic E-state index is -0.692. The first kappa shape index (κ1) is 14.5. The lowest BCUT2D eigenvalue weighted by Gasteiger charge is -2.05. The van der Waals surface area contributed by atoms with Crippen molar-refractivity contribution in [2.45, 2.75) is 0 Å². The molecular weight excluding hydrogens is 350 g/mol. The number of rotatable bonds is 3. The molecule has 0 N–H and O–H groups in total. The summed E-state index contributed by atoms with van der Waals surface area (Å²) in [5.74, 6) is -0.420. The number of nitro benzene ring substituents is 1. The van der Waals surface area contributed by atoms with Crippen molar-refractivity contribution in [2.24, 2.45) is 0 Å². The maximum Gasteiger partial charge on any atom is 0.343 e. The van der Waals surface area contributed by atoms with Gasteiger partial charge in [-0.1, -0.05) is 17.7 Å². The largest absolute Gasteiger partial charge is 0.423 e. The van der Waals surface area contributed by atoms with E-state index in [4.69, 9.17) is 16.3 Å². The number of benzene rings is 2. The summed E-state index contributed by atoms with van der Waals surface area (Å²) in [5.41, 5.74) is -0.120. The Labute approximate surface area is 127 Å². The molecule has 0 saturated carbocycles. The van der Waals surface area contributed by atoms with Gasteiger partial charge in [0.25, 0.3) is 5.69 Å². The number of carbonyl (C=O) groups is 1. The first-order chi connectivity index (χ1) is 9.47. The maximum atomic E-state index is 11.9. The Morgan fingerprint density at radius 1 is 1.25 bits per heavy atom. The molecule has 0 amide bonds. The second-order valence-electron chi connectivity index (χ2n) is 3.77. The van der Waals surface area contributed by atoms with Gasteiger partial charge in [-0.15, -0.1) is 0 Å². The highest BCUT2D eigenvalue weighted by molar-refractivity contribution is 9.10. The zero-order valence-corrected chi connectivity index (χ0v) is 12.2. The molecule has 0 unspecified atom stereocenters. The van der Waals surface area contributed by atoms with Crippen molar-refractivity contribution in [1.29, 1.82) is 0 Å². The molecule has 0 aliphatic rings. The predicted octanol–water partition coefficient (Wildman–Crippen LogP) is 4.23. The number of nitrogens with zero attached hydrogens (tertiary/aromatic N) is 1. The van der Waals surface area contributed by atoms with Gasteiger partial charge in [0.2, 0.25) is 0 Å². The summed E-state index contributed by atoms with van der Waals surface area (Å²) < 4.78 is 5.39. The first-order valence-electron chi connectivity index (χ1n) is 5.39. The van der Waals surface area contributed by atoms with Crippen LogP contribution in [0.5, 0.6) is 5.75 Å². The molecule has 2 rings (SSSR count). The summed E-state index contributed by atoms with van der Waals surface area (Å²) in [5, 5.41) is 11.2. The van der Waals surface area contributed by atoms with Crippen LogP contribution in [0.1, 0.15) is 10.4 Å². The minimum Gasteiger partial charge on any atom is -0.423 e. The Balaban J connectivity index is 2.26. The Kier molecular flexibility index (Phi) is 4.36. The topological polar surface area (TPSA) is 69.4 Å². The molecule has 0 bridgehead atoms. The van der Waals surface area contributed by atoms with Crippen LogP contribution >= 0.6 is 27.5 Å². The highest BCUT2D eigenvalue weighted by Crippen LogP contribution is 2.26. The maximum absolute atomic E-state index is 11.9. The molecule has 2 aromatic rings. The molecular formula is C13H7BrClNO4. The van der Waals surface area contributed by atoms with Crippen molar-refractivity contribution < 1.29 is 14.5 Å². The van der Waals surface area contributed by atoms with E-state index >= 15 is 0 Å². The third-order valence-electron chi connectivity index (χ3n) is 2.39. The van der Waals surface area contributed by atoms with Crippen LogP contribution < -0.4 is 4.74 Å². The van der Waals surface area contributed by atoms with E-state index in [1.165, 1.54) is 18.2 Å². The predicted molar refractivity (Wildman–Crippen MR) is 77.2 cm³/mol. The summed E-state index contributed by atoms with van der Waals surface area (Å²) in [6, 6.07) is 10.3. The fourth-order valence-electron chi connectivity index (χ4n) is 1.48. The highest BCUT2D eigenvalue weighted by atomic mass is 79.9. The normalized spacial score (nSPS) is 10.1. The quantitative estimate of drug-likeness (QED) is 0.357. The molecule has 2 aromatic carbocycles. The Morgan fingerprint density at radius 3 is 2.65 bits per heavy atom. The van der Waals surface area contributed by atoms with Crippen LogP contribution in [0.15, 0.2) is 46.9 Å². The zero-order chi connectivity index (χ0) is 14.7. The van der Waals surface area contributed by atoms with Crippen LogP contribution in [0.4, 0.5) is 5.69 Å². The summed E-state index contributed by atoms with van der Waals surface area (Å²) in [4.78, 5) is 22.1. The number of nitro groups is 1. The van der Waals surface area contributed by atoms with Gasteiger partial charge in [0.1, 0.15) is 5.75 Å². The lowest BCUT2D eigenvalue weighted by atomic mass is 10.2. The minimum absolute atomic E-state index is 0.0832. The van der Waals surface area contributed by atoms with Crippen molar-refractivity contribution >= 4 is 39.2 Å². The molecule has 0 heterocycles. The van der Waals surface area contributed by atoms with E-state index < -0.39 is 10.9 Å². The van der Waals surface area contributed by atoms with Crippen LogP contribution in [-0.4, -0.2) is 10.9 Å². The fraction of sp³-hybridized carbons (Fsp3) is 0. The van der Waals surface area contributed by atoms with Gasteiger partial charge in [-0.05, 0) is 46.3 Å². The van der Waals surface area contributed by atoms with E-state index in [9.17, 15) is 14.9 Å². The van der Waals surface area contributed by atoms with Crippen molar-refractivity contribution in [3.8, 4) is 5.75 Å². The third kappa shape index (κ3) is 3.34. The number of halogens is 2. The van der Waals surface area contributed by atoms with E-state index in [1.807, 2.05) is 0 Å². The summed E-state index contributed by atoms with van der Waals surface area (Å²) in [6.07, 6.45) is 0. The lowest BCUT2D eigenvalue weighted by Crippen LogP contribution is -2.09. The standard InChI is InChI=1S/C13H7BrClNO4/c14-11-5-4-8(6-12(11)16(18)19)13(17)20-10-3-1-2-9(15)7-10/h1-7H. The number of ether oxygens (including phenoxy) is 1. The Hall–Kier alpha value is -1.92. The van der Waals surface area contributed by atoms with Crippen LogP contribution in [0, 0.1) is 10.1 Å². The van der Waals surface area contributed by atoms with E-state index in [0.29, 0.717) is 9.50 Å². The summed E-state index contributed by atoms with van der Waals surface area (Å²) in [6.45, 7) is 0. The summed E-state index contributed by atoms with van der Waals surface area (Å²) in [7, 11) is 0. The van der Waals surface area contributed by atoms with Gasteiger partial charge in [0, 0.05) is 11.1 Å². The first-order valence-corrected chi connectivity index (χ1v) is 6.56. The van der Waals surface area contributed by atoms with Crippen molar-refractivity contribution in [1.82, 2.24) is 0 Å².